The SMILES string of the molecule is CCCN1CCCC2CC(=O)C(Br)CC21. The van der Waals surface area contributed by atoms with Gasteiger partial charge in [-0.05, 0) is 44.7 Å². The minimum absolute atomic E-state index is 0.121. The predicted molar refractivity (Wildman–Crippen MR) is 65.3 cm³/mol. The second-order valence-electron chi connectivity index (χ2n) is 4.88. The monoisotopic (exact) mass is 273 g/mol. The number of carbonyl (C=O) groups excluding carboxylic acids is 1. The molecule has 3 heteroatoms. The van der Waals surface area contributed by atoms with Crippen LogP contribution < -0.4 is 0 Å². The summed E-state index contributed by atoms with van der Waals surface area (Å²) in [5.41, 5.74) is 0. The summed E-state index contributed by atoms with van der Waals surface area (Å²) in [6.07, 6.45) is 5.60. The molecule has 15 heavy (non-hydrogen) atoms. The summed E-state index contributed by atoms with van der Waals surface area (Å²) >= 11 is 3.52. The number of hydrogen-bond donors (Lipinski definition) is 0. The molecule has 0 radical (unpaired) electrons. The van der Waals surface area contributed by atoms with Crippen molar-refractivity contribution in [2.75, 3.05) is 13.1 Å². The standard InChI is InChI=1S/C12H20BrNO/c1-2-5-14-6-3-4-9-7-12(15)10(13)8-11(9)14/h9-11H,2-8H2,1H3. The van der Waals surface area contributed by atoms with Gasteiger partial charge in [-0.15, -0.1) is 0 Å². The zero-order chi connectivity index (χ0) is 10.8. The Balaban J connectivity index is 2.03. The first-order valence-corrected chi connectivity index (χ1v) is 7.04. The quantitative estimate of drug-likeness (QED) is 0.721. The molecule has 0 spiro atoms. The molecule has 0 aromatic rings. The Morgan fingerprint density at radius 1 is 1.53 bits per heavy atom. The van der Waals surface area contributed by atoms with Crippen LogP contribution in [0.2, 0.25) is 0 Å². The lowest BCUT2D eigenvalue weighted by Gasteiger charge is -2.44. The molecule has 1 aliphatic carbocycles. The number of hydrogen-bond acceptors (Lipinski definition) is 2. The first kappa shape index (κ1) is 11.6. The fourth-order valence-corrected chi connectivity index (χ4v) is 3.66. The van der Waals surface area contributed by atoms with Gasteiger partial charge in [0.25, 0.3) is 0 Å². The van der Waals surface area contributed by atoms with E-state index in [-0.39, 0.29) is 4.83 Å². The smallest absolute Gasteiger partial charge is 0.146 e. The molecule has 2 nitrogen and oxygen atoms in total. The number of likely N-dealkylation sites (tertiary alicyclic amines) is 1. The minimum Gasteiger partial charge on any atom is -0.300 e. The number of carbonyl (C=O) groups is 1. The molecule has 2 aliphatic rings. The number of Topliss-reactive ketones (excluding diaryl/α,β-unsaturated/α-hetero) is 1. The Morgan fingerprint density at radius 2 is 2.33 bits per heavy atom. The lowest BCUT2D eigenvalue weighted by Crippen LogP contribution is -2.51. The van der Waals surface area contributed by atoms with Crippen LogP contribution in [0.4, 0.5) is 0 Å². The molecule has 1 aliphatic heterocycles. The van der Waals surface area contributed by atoms with E-state index < -0.39 is 0 Å². The van der Waals surface area contributed by atoms with E-state index in [4.69, 9.17) is 0 Å². The van der Waals surface area contributed by atoms with Crippen LogP contribution in [0.15, 0.2) is 0 Å². The van der Waals surface area contributed by atoms with Crippen molar-refractivity contribution >= 4 is 21.7 Å². The third kappa shape index (κ3) is 2.44. The van der Waals surface area contributed by atoms with E-state index in [2.05, 4.69) is 27.8 Å². The zero-order valence-electron chi connectivity index (χ0n) is 9.42. The number of nitrogens with zero attached hydrogens (tertiary/aromatic N) is 1. The summed E-state index contributed by atoms with van der Waals surface area (Å²) < 4.78 is 0. The lowest BCUT2D eigenvalue weighted by molar-refractivity contribution is -0.123. The van der Waals surface area contributed by atoms with Gasteiger partial charge in [-0.1, -0.05) is 22.9 Å². The summed E-state index contributed by atoms with van der Waals surface area (Å²) in [5.74, 6) is 1.07. The predicted octanol–water partition coefficient (Wildman–Crippen LogP) is 2.60. The van der Waals surface area contributed by atoms with Gasteiger partial charge in [0.05, 0.1) is 4.83 Å². The molecule has 1 heterocycles. The molecule has 0 aromatic heterocycles. The molecule has 0 aromatic carbocycles. The van der Waals surface area contributed by atoms with Crippen molar-refractivity contribution in [3.8, 4) is 0 Å². The van der Waals surface area contributed by atoms with E-state index in [0.717, 1.165) is 12.8 Å². The Bertz CT molecular complexity index is 242. The van der Waals surface area contributed by atoms with Crippen LogP contribution >= 0.6 is 15.9 Å². The van der Waals surface area contributed by atoms with Crippen molar-refractivity contribution in [3.05, 3.63) is 0 Å². The molecule has 0 bridgehead atoms. The number of rotatable bonds is 2. The van der Waals surface area contributed by atoms with Gasteiger partial charge in [0.15, 0.2) is 0 Å². The van der Waals surface area contributed by atoms with E-state index >= 15 is 0 Å². The largest absolute Gasteiger partial charge is 0.300 e. The molecule has 3 atom stereocenters. The topological polar surface area (TPSA) is 20.3 Å². The molecule has 1 saturated carbocycles. The van der Waals surface area contributed by atoms with Crippen molar-refractivity contribution in [1.82, 2.24) is 4.90 Å². The van der Waals surface area contributed by atoms with Gasteiger partial charge in [-0.25, -0.2) is 0 Å². The van der Waals surface area contributed by atoms with Gasteiger partial charge in [0, 0.05) is 12.5 Å². The Hall–Kier alpha value is 0.110. The van der Waals surface area contributed by atoms with E-state index in [1.165, 1.54) is 32.4 Å². The van der Waals surface area contributed by atoms with Gasteiger partial charge in [-0.2, -0.15) is 0 Å². The van der Waals surface area contributed by atoms with Crippen molar-refractivity contribution in [3.63, 3.8) is 0 Å². The van der Waals surface area contributed by atoms with Crippen LogP contribution in [0.3, 0.4) is 0 Å². The van der Waals surface area contributed by atoms with Crippen molar-refractivity contribution in [2.45, 2.75) is 49.9 Å². The second-order valence-corrected chi connectivity index (χ2v) is 5.98. The molecule has 2 rings (SSSR count). The highest BCUT2D eigenvalue weighted by molar-refractivity contribution is 9.10. The number of alkyl halides is 1. The lowest BCUT2D eigenvalue weighted by atomic mass is 9.77. The Kier molecular flexibility index (Phi) is 3.83. The van der Waals surface area contributed by atoms with Crippen LogP contribution in [0.1, 0.15) is 39.0 Å². The van der Waals surface area contributed by atoms with Crippen LogP contribution in [-0.4, -0.2) is 34.6 Å². The number of ketones is 1. The number of halogens is 1. The van der Waals surface area contributed by atoms with Crippen LogP contribution in [0.5, 0.6) is 0 Å². The maximum atomic E-state index is 11.6. The van der Waals surface area contributed by atoms with Crippen molar-refractivity contribution in [1.29, 1.82) is 0 Å². The van der Waals surface area contributed by atoms with Gasteiger partial charge in [-0.3, -0.25) is 4.79 Å². The molecule has 0 N–H and O–H groups in total. The summed E-state index contributed by atoms with van der Waals surface area (Å²) in [7, 11) is 0. The van der Waals surface area contributed by atoms with Crippen LogP contribution in [-0.2, 0) is 4.79 Å². The summed E-state index contributed by atoms with van der Waals surface area (Å²) in [6.45, 7) is 4.68. The third-order valence-corrected chi connectivity index (χ3v) is 4.69. The van der Waals surface area contributed by atoms with Crippen LogP contribution in [0.25, 0.3) is 0 Å². The van der Waals surface area contributed by atoms with Crippen LogP contribution in [0, 0.1) is 5.92 Å². The molecular weight excluding hydrogens is 254 g/mol. The highest BCUT2D eigenvalue weighted by Gasteiger charge is 2.39. The summed E-state index contributed by atoms with van der Waals surface area (Å²) in [6, 6.07) is 0.667. The van der Waals surface area contributed by atoms with E-state index in [1.54, 1.807) is 0 Å². The Labute approximate surface area is 101 Å². The minimum atomic E-state index is 0.121. The summed E-state index contributed by atoms with van der Waals surface area (Å²) in [4.78, 5) is 14.4. The van der Waals surface area contributed by atoms with Crippen molar-refractivity contribution in [2.24, 2.45) is 5.92 Å². The zero-order valence-corrected chi connectivity index (χ0v) is 11.0. The molecule has 2 fully saturated rings. The van der Waals surface area contributed by atoms with Gasteiger partial charge < -0.3 is 4.90 Å². The average molecular weight is 274 g/mol. The normalized spacial score (nSPS) is 37.7. The summed E-state index contributed by atoms with van der Waals surface area (Å²) in [5, 5.41) is 0. The highest BCUT2D eigenvalue weighted by Crippen LogP contribution is 2.36. The highest BCUT2D eigenvalue weighted by atomic mass is 79.9. The molecule has 3 unspecified atom stereocenters. The van der Waals surface area contributed by atoms with E-state index in [0.29, 0.717) is 17.7 Å². The second kappa shape index (κ2) is 4.96. The molecular formula is C12H20BrNO. The molecule has 0 amide bonds. The Morgan fingerprint density at radius 3 is 3.07 bits per heavy atom. The van der Waals surface area contributed by atoms with Gasteiger partial charge in [0.2, 0.25) is 0 Å². The van der Waals surface area contributed by atoms with Gasteiger partial charge >= 0.3 is 0 Å². The first-order valence-electron chi connectivity index (χ1n) is 6.13. The van der Waals surface area contributed by atoms with Gasteiger partial charge in [0.1, 0.15) is 5.78 Å². The maximum absolute atomic E-state index is 11.6. The van der Waals surface area contributed by atoms with E-state index in [9.17, 15) is 4.79 Å². The maximum Gasteiger partial charge on any atom is 0.146 e. The third-order valence-electron chi connectivity index (χ3n) is 3.81. The molecule has 86 valence electrons. The van der Waals surface area contributed by atoms with E-state index in [1.807, 2.05) is 0 Å². The molecule has 1 saturated heterocycles. The fraction of sp³-hybridized carbons (Fsp3) is 0.917. The first-order chi connectivity index (χ1) is 7.22. The fourth-order valence-electron chi connectivity index (χ4n) is 3.09. The van der Waals surface area contributed by atoms with Crippen molar-refractivity contribution < 1.29 is 4.79 Å². The number of piperidine rings is 1. The number of fused-ring (bicyclic) bond motifs is 1. The average Bonchev–Trinajstić information content (AvgIpc) is 2.21.